The fourth-order valence-corrected chi connectivity index (χ4v) is 3.19. The van der Waals surface area contributed by atoms with Gasteiger partial charge in [0.1, 0.15) is 0 Å². The van der Waals surface area contributed by atoms with Crippen molar-refractivity contribution in [3.63, 3.8) is 0 Å². The number of likely N-dealkylation sites (N-methyl/N-ethyl adjacent to an activating group) is 1. The first-order chi connectivity index (χ1) is 9.15. The van der Waals surface area contributed by atoms with E-state index in [-0.39, 0.29) is 11.9 Å². The summed E-state index contributed by atoms with van der Waals surface area (Å²) in [5.74, 6) is 0.231. The van der Waals surface area contributed by atoms with E-state index in [0.29, 0.717) is 12.6 Å². The van der Waals surface area contributed by atoms with Gasteiger partial charge in [-0.15, -0.1) is 0 Å². The highest BCUT2D eigenvalue weighted by Crippen LogP contribution is 2.29. The number of fused-ring (bicyclic) bond motifs is 1. The van der Waals surface area contributed by atoms with Crippen molar-refractivity contribution in [2.45, 2.75) is 19.0 Å². The van der Waals surface area contributed by atoms with Gasteiger partial charge in [0.05, 0.1) is 18.6 Å². The molecule has 0 bridgehead atoms. The third-order valence-electron chi connectivity index (χ3n) is 4.14. The molecule has 0 aliphatic carbocycles. The normalized spacial score (nSPS) is 28.3. The van der Waals surface area contributed by atoms with E-state index in [1.165, 1.54) is 11.1 Å². The lowest BCUT2D eigenvalue weighted by molar-refractivity contribution is -0.142. The van der Waals surface area contributed by atoms with Gasteiger partial charge in [-0.25, -0.2) is 0 Å². The van der Waals surface area contributed by atoms with Crippen LogP contribution in [0.5, 0.6) is 0 Å². The van der Waals surface area contributed by atoms with Crippen LogP contribution in [-0.2, 0) is 4.79 Å². The molecule has 1 aromatic carbocycles. The van der Waals surface area contributed by atoms with Crippen molar-refractivity contribution in [3.05, 3.63) is 35.4 Å². The van der Waals surface area contributed by atoms with Crippen molar-refractivity contribution in [1.29, 1.82) is 0 Å². The number of benzene rings is 1. The Morgan fingerprint density at radius 2 is 1.95 bits per heavy atom. The highest BCUT2D eigenvalue weighted by Gasteiger charge is 2.38. The average molecular weight is 259 g/mol. The number of aryl methyl sites for hydroxylation is 1. The van der Waals surface area contributed by atoms with Crippen LogP contribution in [-0.4, -0.2) is 55.0 Å². The molecule has 0 aromatic heterocycles. The Morgan fingerprint density at radius 1 is 1.21 bits per heavy atom. The van der Waals surface area contributed by atoms with Crippen LogP contribution < -0.4 is 5.32 Å². The molecule has 2 fully saturated rings. The van der Waals surface area contributed by atoms with Gasteiger partial charge < -0.3 is 15.1 Å². The second kappa shape index (κ2) is 4.94. The Bertz CT molecular complexity index is 471. The quantitative estimate of drug-likeness (QED) is 0.809. The standard InChI is InChI=1S/C15H21N3O/c1-11-3-5-12(6-4-11)14-10-17(2)9-13-7-16-8-15(19)18(13)14/h3-6,13-14,16H,7-10H2,1-2H3. The van der Waals surface area contributed by atoms with Crippen LogP contribution in [0.3, 0.4) is 0 Å². The first-order valence-electron chi connectivity index (χ1n) is 6.92. The summed E-state index contributed by atoms with van der Waals surface area (Å²) in [5.41, 5.74) is 2.51. The van der Waals surface area contributed by atoms with Crippen LogP contribution >= 0.6 is 0 Å². The predicted octanol–water partition coefficient (Wildman–Crippen LogP) is 0.782. The Balaban J connectivity index is 1.92. The highest BCUT2D eigenvalue weighted by atomic mass is 16.2. The zero-order valence-corrected chi connectivity index (χ0v) is 11.6. The Kier molecular flexibility index (Phi) is 3.29. The average Bonchev–Trinajstić information content (AvgIpc) is 2.38. The van der Waals surface area contributed by atoms with Crippen molar-refractivity contribution < 1.29 is 4.79 Å². The second-order valence-electron chi connectivity index (χ2n) is 5.73. The molecule has 0 spiro atoms. The Labute approximate surface area is 114 Å². The molecule has 4 heteroatoms. The van der Waals surface area contributed by atoms with Crippen molar-refractivity contribution in [2.24, 2.45) is 0 Å². The van der Waals surface area contributed by atoms with Gasteiger partial charge in [-0.2, -0.15) is 0 Å². The molecular formula is C15H21N3O. The van der Waals surface area contributed by atoms with Gasteiger partial charge in [-0.1, -0.05) is 29.8 Å². The third kappa shape index (κ3) is 2.38. The van der Waals surface area contributed by atoms with Crippen LogP contribution in [0.15, 0.2) is 24.3 Å². The van der Waals surface area contributed by atoms with Crippen LogP contribution in [0.1, 0.15) is 17.2 Å². The summed E-state index contributed by atoms with van der Waals surface area (Å²) in [6.07, 6.45) is 0. The highest BCUT2D eigenvalue weighted by molar-refractivity contribution is 5.80. The molecule has 2 unspecified atom stereocenters. The molecular weight excluding hydrogens is 238 g/mol. The lowest BCUT2D eigenvalue weighted by atomic mass is 9.96. The van der Waals surface area contributed by atoms with E-state index >= 15 is 0 Å². The number of carbonyl (C=O) groups excluding carboxylic acids is 1. The molecule has 0 radical (unpaired) electrons. The van der Waals surface area contributed by atoms with Crippen LogP contribution in [0.25, 0.3) is 0 Å². The molecule has 102 valence electrons. The van der Waals surface area contributed by atoms with Gasteiger partial charge in [-0.05, 0) is 19.5 Å². The zero-order chi connectivity index (χ0) is 13.4. The molecule has 0 saturated carbocycles. The lowest BCUT2D eigenvalue weighted by Crippen LogP contribution is -2.63. The maximum atomic E-state index is 12.2. The van der Waals surface area contributed by atoms with Gasteiger partial charge in [0.15, 0.2) is 0 Å². The summed E-state index contributed by atoms with van der Waals surface area (Å²) in [5, 5.41) is 3.22. The Hall–Kier alpha value is -1.39. The van der Waals surface area contributed by atoms with Crippen molar-refractivity contribution in [1.82, 2.24) is 15.1 Å². The summed E-state index contributed by atoms with van der Waals surface area (Å²) >= 11 is 0. The summed E-state index contributed by atoms with van der Waals surface area (Å²) in [7, 11) is 2.14. The van der Waals surface area contributed by atoms with E-state index in [4.69, 9.17) is 0 Å². The molecule has 3 rings (SSSR count). The summed E-state index contributed by atoms with van der Waals surface area (Å²) in [4.78, 5) is 16.7. The maximum absolute atomic E-state index is 12.2. The smallest absolute Gasteiger partial charge is 0.237 e. The van der Waals surface area contributed by atoms with Crippen molar-refractivity contribution in [2.75, 3.05) is 33.2 Å². The molecule has 1 amide bonds. The van der Waals surface area contributed by atoms with Gasteiger partial charge in [0.25, 0.3) is 0 Å². The number of nitrogens with zero attached hydrogens (tertiary/aromatic N) is 2. The number of nitrogens with one attached hydrogen (secondary N) is 1. The van der Waals surface area contributed by atoms with Gasteiger partial charge in [0.2, 0.25) is 5.91 Å². The molecule has 4 nitrogen and oxygen atoms in total. The number of carbonyl (C=O) groups is 1. The lowest BCUT2D eigenvalue weighted by Gasteiger charge is -2.48. The number of amides is 1. The maximum Gasteiger partial charge on any atom is 0.237 e. The first-order valence-corrected chi connectivity index (χ1v) is 6.92. The van der Waals surface area contributed by atoms with Crippen molar-refractivity contribution >= 4 is 5.91 Å². The molecule has 1 N–H and O–H groups in total. The number of hydrogen-bond acceptors (Lipinski definition) is 3. The summed E-state index contributed by atoms with van der Waals surface area (Å²) < 4.78 is 0. The molecule has 1 aromatic rings. The minimum Gasteiger partial charge on any atom is -0.328 e. The monoisotopic (exact) mass is 259 g/mol. The van der Waals surface area contributed by atoms with Gasteiger partial charge in [-0.3, -0.25) is 4.79 Å². The first kappa shape index (κ1) is 12.6. The predicted molar refractivity (Wildman–Crippen MR) is 74.9 cm³/mol. The molecule has 2 aliphatic rings. The Morgan fingerprint density at radius 3 is 2.68 bits per heavy atom. The molecule has 2 heterocycles. The number of hydrogen-bond donors (Lipinski definition) is 1. The van der Waals surface area contributed by atoms with E-state index in [0.717, 1.165) is 19.6 Å². The third-order valence-corrected chi connectivity index (χ3v) is 4.14. The van der Waals surface area contributed by atoms with E-state index in [1.54, 1.807) is 0 Å². The summed E-state index contributed by atoms with van der Waals surface area (Å²) in [6, 6.07) is 9.07. The number of rotatable bonds is 1. The fourth-order valence-electron chi connectivity index (χ4n) is 3.19. The second-order valence-corrected chi connectivity index (χ2v) is 5.73. The molecule has 2 aliphatic heterocycles. The van der Waals surface area contributed by atoms with Crippen molar-refractivity contribution in [3.8, 4) is 0 Å². The van der Waals surface area contributed by atoms with E-state index in [2.05, 4.69) is 53.4 Å². The number of piperazine rings is 2. The fraction of sp³-hybridized carbons (Fsp3) is 0.533. The van der Waals surface area contributed by atoms with Gasteiger partial charge >= 0.3 is 0 Å². The van der Waals surface area contributed by atoms with Crippen LogP contribution in [0.2, 0.25) is 0 Å². The van der Waals surface area contributed by atoms with E-state index < -0.39 is 0 Å². The molecule has 19 heavy (non-hydrogen) atoms. The van der Waals surface area contributed by atoms with Crippen LogP contribution in [0, 0.1) is 6.92 Å². The minimum atomic E-state index is 0.193. The van der Waals surface area contributed by atoms with E-state index in [1.807, 2.05) is 0 Å². The molecule has 2 saturated heterocycles. The van der Waals surface area contributed by atoms with Crippen LogP contribution in [0.4, 0.5) is 0 Å². The SMILES string of the molecule is Cc1ccc(C2CN(C)CC3CNCC(=O)N32)cc1. The zero-order valence-electron chi connectivity index (χ0n) is 11.6. The van der Waals surface area contributed by atoms with Gasteiger partial charge in [0, 0.05) is 19.6 Å². The largest absolute Gasteiger partial charge is 0.328 e. The minimum absolute atomic E-state index is 0.193. The van der Waals surface area contributed by atoms with E-state index in [9.17, 15) is 4.79 Å². The summed E-state index contributed by atoms with van der Waals surface area (Å²) in [6.45, 7) is 5.35. The molecule has 2 atom stereocenters. The topological polar surface area (TPSA) is 35.6 Å².